The molecule has 0 spiro atoms. The van der Waals surface area contributed by atoms with Gasteiger partial charge in [0.25, 0.3) is 0 Å². The molecule has 0 fully saturated rings. The first-order chi connectivity index (χ1) is 11.8. The van der Waals surface area contributed by atoms with E-state index in [0.29, 0.717) is 5.95 Å². The summed E-state index contributed by atoms with van der Waals surface area (Å²) < 4.78 is 0. The van der Waals surface area contributed by atoms with Crippen LogP contribution in [0.4, 0.5) is 11.8 Å². The molecule has 3 rings (SSSR count). The standard InChI is InChI=1S/C19H21N5/c1-16-13-22-19(23-14-16)21-11-12-24(18-9-5-6-10-20-18)15-17-7-3-2-4-8-17/h2-10,13-14H,11-12,15H2,1H3,(H,21,22,23). The van der Waals surface area contributed by atoms with Crippen molar-refractivity contribution in [2.45, 2.75) is 13.5 Å². The zero-order chi connectivity index (χ0) is 16.6. The van der Waals surface area contributed by atoms with E-state index < -0.39 is 0 Å². The summed E-state index contributed by atoms with van der Waals surface area (Å²) in [6.07, 6.45) is 5.45. The molecule has 0 saturated carbocycles. The Kier molecular flexibility index (Phi) is 5.35. The molecule has 1 aromatic carbocycles. The second-order valence-corrected chi connectivity index (χ2v) is 5.61. The fourth-order valence-corrected chi connectivity index (χ4v) is 2.41. The van der Waals surface area contributed by atoms with Gasteiger partial charge in [-0.05, 0) is 30.2 Å². The summed E-state index contributed by atoms with van der Waals surface area (Å²) in [5, 5.41) is 3.27. The molecule has 5 heteroatoms. The highest BCUT2D eigenvalue weighted by Crippen LogP contribution is 2.13. The lowest BCUT2D eigenvalue weighted by Gasteiger charge is -2.24. The molecule has 0 saturated heterocycles. The Morgan fingerprint density at radius 1 is 0.917 bits per heavy atom. The number of hydrogen-bond acceptors (Lipinski definition) is 5. The molecule has 0 atom stereocenters. The van der Waals surface area contributed by atoms with Crippen molar-refractivity contribution in [2.24, 2.45) is 0 Å². The molecule has 0 aliphatic carbocycles. The van der Waals surface area contributed by atoms with E-state index in [1.165, 1.54) is 5.56 Å². The maximum atomic E-state index is 4.48. The third kappa shape index (κ3) is 4.52. The Labute approximate surface area is 142 Å². The summed E-state index contributed by atoms with van der Waals surface area (Å²) in [5.74, 6) is 1.62. The first-order valence-electron chi connectivity index (χ1n) is 8.04. The average molecular weight is 319 g/mol. The minimum atomic E-state index is 0.654. The average Bonchev–Trinajstić information content (AvgIpc) is 2.64. The van der Waals surface area contributed by atoms with Crippen molar-refractivity contribution in [3.63, 3.8) is 0 Å². The third-order valence-corrected chi connectivity index (χ3v) is 3.64. The Hall–Kier alpha value is -2.95. The molecule has 0 radical (unpaired) electrons. The minimum Gasteiger partial charge on any atom is -0.352 e. The normalized spacial score (nSPS) is 10.4. The van der Waals surface area contributed by atoms with E-state index >= 15 is 0 Å². The molecular formula is C19H21N5. The molecule has 3 aromatic rings. The van der Waals surface area contributed by atoms with E-state index in [2.05, 4.69) is 49.4 Å². The lowest BCUT2D eigenvalue weighted by molar-refractivity contribution is 0.786. The van der Waals surface area contributed by atoms with Gasteiger partial charge < -0.3 is 10.2 Å². The zero-order valence-electron chi connectivity index (χ0n) is 13.8. The highest BCUT2D eigenvalue weighted by molar-refractivity contribution is 5.39. The molecule has 1 N–H and O–H groups in total. The van der Waals surface area contributed by atoms with Crippen molar-refractivity contribution >= 4 is 11.8 Å². The SMILES string of the molecule is Cc1cnc(NCCN(Cc2ccccc2)c2ccccn2)nc1. The minimum absolute atomic E-state index is 0.654. The molecule has 2 heterocycles. The molecule has 0 aliphatic rings. The Morgan fingerprint density at radius 2 is 1.67 bits per heavy atom. The number of nitrogens with zero attached hydrogens (tertiary/aromatic N) is 4. The fraction of sp³-hybridized carbons (Fsp3) is 0.211. The van der Waals surface area contributed by atoms with E-state index in [9.17, 15) is 0 Å². The van der Waals surface area contributed by atoms with E-state index in [0.717, 1.165) is 31.0 Å². The van der Waals surface area contributed by atoms with Gasteiger partial charge in [-0.3, -0.25) is 0 Å². The van der Waals surface area contributed by atoms with Crippen LogP contribution in [0, 0.1) is 6.92 Å². The molecule has 122 valence electrons. The summed E-state index contributed by atoms with van der Waals surface area (Å²) in [5.41, 5.74) is 2.31. The molecular weight excluding hydrogens is 298 g/mol. The van der Waals surface area contributed by atoms with Crippen LogP contribution >= 0.6 is 0 Å². The van der Waals surface area contributed by atoms with Gasteiger partial charge in [-0.1, -0.05) is 36.4 Å². The smallest absolute Gasteiger partial charge is 0.222 e. The largest absolute Gasteiger partial charge is 0.352 e. The lowest BCUT2D eigenvalue weighted by Crippen LogP contribution is -2.29. The van der Waals surface area contributed by atoms with Crippen LogP contribution in [0.5, 0.6) is 0 Å². The van der Waals surface area contributed by atoms with Crippen molar-refractivity contribution in [1.29, 1.82) is 0 Å². The Balaban J connectivity index is 1.65. The number of anilines is 2. The van der Waals surface area contributed by atoms with Gasteiger partial charge in [0, 0.05) is 38.2 Å². The van der Waals surface area contributed by atoms with Gasteiger partial charge in [0.2, 0.25) is 5.95 Å². The van der Waals surface area contributed by atoms with Crippen LogP contribution in [0.25, 0.3) is 0 Å². The molecule has 0 amide bonds. The van der Waals surface area contributed by atoms with Gasteiger partial charge in [0.1, 0.15) is 5.82 Å². The quantitative estimate of drug-likeness (QED) is 0.724. The molecule has 0 unspecified atom stereocenters. The zero-order valence-corrected chi connectivity index (χ0v) is 13.8. The van der Waals surface area contributed by atoms with Gasteiger partial charge in [0.05, 0.1) is 0 Å². The predicted octanol–water partition coefficient (Wildman–Crippen LogP) is 3.30. The summed E-state index contributed by atoms with van der Waals surface area (Å²) in [6.45, 7) is 4.34. The highest BCUT2D eigenvalue weighted by Gasteiger charge is 2.08. The van der Waals surface area contributed by atoms with E-state index in [1.807, 2.05) is 49.8 Å². The lowest BCUT2D eigenvalue weighted by atomic mass is 10.2. The molecule has 0 bridgehead atoms. The van der Waals surface area contributed by atoms with Crippen LogP contribution in [0.15, 0.2) is 67.1 Å². The predicted molar refractivity (Wildman–Crippen MR) is 97.0 cm³/mol. The van der Waals surface area contributed by atoms with E-state index in [1.54, 1.807) is 0 Å². The van der Waals surface area contributed by atoms with Gasteiger partial charge in [-0.15, -0.1) is 0 Å². The summed E-state index contributed by atoms with van der Waals surface area (Å²) in [6, 6.07) is 16.4. The third-order valence-electron chi connectivity index (χ3n) is 3.64. The number of aromatic nitrogens is 3. The van der Waals surface area contributed by atoms with Crippen molar-refractivity contribution in [2.75, 3.05) is 23.3 Å². The Bertz CT molecular complexity index is 729. The van der Waals surface area contributed by atoms with E-state index in [-0.39, 0.29) is 0 Å². The molecule has 2 aromatic heterocycles. The maximum Gasteiger partial charge on any atom is 0.222 e. The molecule has 5 nitrogen and oxygen atoms in total. The van der Waals surface area contributed by atoms with Gasteiger partial charge in [0.15, 0.2) is 0 Å². The number of benzene rings is 1. The second-order valence-electron chi connectivity index (χ2n) is 5.61. The van der Waals surface area contributed by atoms with Crippen LogP contribution in [0.1, 0.15) is 11.1 Å². The van der Waals surface area contributed by atoms with Crippen LogP contribution in [0.2, 0.25) is 0 Å². The van der Waals surface area contributed by atoms with Crippen LogP contribution in [-0.4, -0.2) is 28.0 Å². The number of hydrogen-bond donors (Lipinski definition) is 1. The first-order valence-corrected chi connectivity index (χ1v) is 8.04. The fourth-order valence-electron chi connectivity index (χ4n) is 2.41. The van der Waals surface area contributed by atoms with Crippen LogP contribution < -0.4 is 10.2 Å². The monoisotopic (exact) mass is 319 g/mol. The second kappa shape index (κ2) is 8.06. The van der Waals surface area contributed by atoms with Crippen LogP contribution in [-0.2, 0) is 6.54 Å². The van der Waals surface area contributed by atoms with Gasteiger partial charge >= 0.3 is 0 Å². The summed E-state index contributed by atoms with van der Waals surface area (Å²) >= 11 is 0. The maximum absolute atomic E-state index is 4.48. The summed E-state index contributed by atoms with van der Waals surface area (Å²) in [7, 11) is 0. The molecule has 24 heavy (non-hydrogen) atoms. The first kappa shape index (κ1) is 15.9. The van der Waals surface area contributed by atoms with Crippen LogP contribution in [0.3, 0.4) is 0 Å². The number of nitrogens with one attached hydrogen (secondary N) is 1. The number of pyridine rings is 1. The molecule has 0 aliphatic heterocycles. The van der Waals surface area contributed by atoms with Crippen molar-refractivity contribution in [3.05, 3.63) is 78.2 Å². The van der Waals surface area contributed by atoms with Crippen molar-refractivity contribution in [3.8, 4) is 0 Å². The topological polar surface area (TPSA) is 53.9 Å². The van der Waals surface area contributed by atoms with Crippen molar-refractivity contribution in [1.82, 2.24) is 15.0 Å². The number of aryl methyl sites for hydroxylation is 1. The number of rotatable bonds is 7. The van der Waals surface area contributed by atoms with Gasteiger partial charge in [-0.2, -0.15) is 0 Å². The van der Waals surface area contributed by atoms with Gasteiger partial charge in [-0.25, -0.2) is 15.0 Å². The van der Waals surface area contributed by atoms with E-state index in [4.69, 9.17) is 0 Å². The Morgan fingerprint density at radius 3 is 2.38 bits per heavy atom. The summed E-state index contributed by atoms with van der Waals surface area (Å²) in [4.78, 5) is 15.3. The van der Waals surface area contributed by atoms with Crippen molar-refractivity contribution < 1.29 is 0 Å². The highest BCUT2D eigenvalue weighted by atomic mass is 15.2.